The summed E-state index contributed by atoms with van der Waals surface area (Å²) in [6, 6.07) is 7.42. The van der Waals surface area contributed by atoms with Crippen molar-refractivity contribution in [3.63, 3.8) is 0 Å². The van der Waals surface area contributed by atoms with Crippen LogP contribution in [0.3, 0.4) is 0 Å². The molecule has 0 aliphatic carbocycles. The van der Waals surface area contributed by atoms with Crippen LogP contribution < -0.4 is 5.32 Å². The maximum atomic E-state index is 11.3. The molecular formula is C14H19NO2. The molecule has 92 valence electrons. The normalized spacial score (nSPS) is 11.4. The van der Waals surface area contributed by atoms with Gasteiger partial charge >= 0.3 is 5.97 Å². The minimum Gasteiger partial charge on any atom is -0.465 e. The van der Waals surface area contributed by atoms with Crippen molar-refractivity contribution in [2.45, 2.75) is 13.3 Å². The third-order valence-corrected chi connectivity index (χ3v) is 2.56. The smallest absolute Gasteiger partial charge is 0.337 e. The molecule has 1 aromatic carbocycles. The van der Waals surface area contributed by atoms with Gasteiger partial charge in [-0.3, -0.25) is 0 Å². The van der Waals surface area contributed by atoms with E-state index in [0.29, 0.717) is 5.56 Å². The Labute approximate surface area is 102 Å². The maximum Gasteiger partial charge on any atom is 0.337 e. The number of benzene rings is 1. The van der Waals surface area contributed by atoms with Crippen molar-refractivity contribution in [3.8, 4) is 0 Å². The standard InChI is InChI=1S/C14H19NO2/c1-4-11(10-15-2)9-12-5-7-13(8-6-12)14(16)17-3/h5-9,15H,4,10H2,1-3H3. The van der Waals surface area contributed by atoms with Gasteiger partial charge in [0, 0.05) is 6.54 Å². The van der Waals surface area contributed by atoms with Crippen LogP contribution in [0.2, 0.25) is 0 Å². The van der Waals surface area contributed by atoms with E-state index in [-0.39, 0.29) is 5.97 Å². The average Bonchev–Trinajstić information content (AvgIpc) is 2.38. The first-order chi connectivity index (χ1) is 8.21. The average molecular weight is 233 g/mol. The molecule has 0 spiro atoms. The SMILES string of the molecule is CCC(=Cc1ccc(C(=O)OC)cc1)CNC. The summed E-state index contributed by atoms with van der Waals surface area (Å²) in [5, 5.41) is 3.14. The fourth-order valence-electron chi connectivity index (χ4n) is 1.57. The minimum atomic E-state index is -0.300. The van der Waals surface area contributed by atoms with Gasteiger partial charge in [0.25, 0.3) is 0 Å². The molecule has 0 bridgehead atoms. The number of hydrogen-bond acceptors (Lipinski definition) is 3. The molecule has 0 saturated heterocycles. The number of esters is 1. The first-order valence-corrected chi connectivity index (χ1v) is 5.73. The molecule has 0 atom stereocenters. The van der Waals surface area contributed by atoms with Crippen LogP contribution in [-0.2, 0) is 4.74 Å². The van der Waals surface area contributed by atoms with E-state index in [0.717, 1.165) is 18.5 Å². The first kappa shape index (κ1) is 13.5. The van der Waals surface area contributed by atoms with Crippen LogP contribution in [0, 0.1) is 0 Å². The maximum absolute atomic E-state index is 11.3. The van der Waals surface area contributed by atoms with E-state index in [2.05, 4.69) is 23.1 Å². The van der Waals surface area contributed by atoms with E-state index in [1.165, 1.54) is 12.7 Å². The molecule has 0 fully saturated rings. The fraction of sp³-hybridized carbons (Fsp3) is 0.357. The number of carbonyl (C=O) groups is 1. The second-order valence-electron chi connectivity index (χ2n) is 3.80. The molecule has 1 rings (SSSR count). The molecule has 1 N–H and O–H groups in total. The van der Waals surface area contributed by atoms with E-state index in [1.54, 1.807) is 12.1 Å². The molecular weight excluding hydrogens is 214 g/mol. The molecule has 0 radical (unpaired) electrons. The van der Waals surface area contributed by atoms with E-state index in [9.17, 15) is 4.79 Å². The number of methoxy groups -OCH3 is 1. The highest BCUT2D eigenvalue weighted by Crippen LogP contribution is 2.11. The van der Waals surface area contributed by atoms with Gasteiger partial charge in [0.2, 0.25) is 0 Å². The van der Waals surface area contributed by atoms with Crippen LogP contribution in [0.1, 0.15) is 29.3 Å². The highest BCUT2D eigenvalue weighted by Gasteiger charge is 2.03. The lowest BCUT2D eigenvalue weighted by molar-refractivity contribution is 0.0601. The summed E-state index contributed by atoms with van der Waals surface area (Å²) in [4.78, 5) is 11.3. The van der Waals surface area contributed by atoms with Crippen molar-refractivity contribution < 1.29 is 9.53 Å². The Morgan fingerprint density at radius 3 is 2.47 bits per heavy atom. The lowest BCUT2D eigenvalue weighted by Crippen LogP contribution is -2.09. The Hall–Kier alpha value is -1.61. The van der Waals surface area contributed by atoms with Gasteiger partial charge in [-0.05, 0) is 31.2 Å². The van der Waals surface area contributed by atoms with Crippen molar-refractivity contribution in [3.05, 3.63) is 41.0 Å². The third-order valence-electron chi connectivity index (χ3n) is 2.56. The van der Waals surface area contributed by atoms with Gasteiger partial charge in [0.15, 0.2) is 0 Å². The van der Waals surface area contributed by atoms with Gasteiger partial charge in [0.05, 0.1) is 12.7 Å². The Morgan fingerprint density at radius 2 is 2.00 bits per heavy atom. The molecule has 0 unspecified atom stereocenters. The van der Waals surface area contributed by atoms with Crippen molar-refractivity contribution in [2.24, 2.45) is 0 Å². The van der Waals surface area contributed by atoms with Crippen LogP contribution in [-0.4, -0.2) is 26.7 Å². The zero-order valence-corrected chi connectivity index (χ0v) is 10.6. The molecule has 0 aliphatic heterocycles. The summed E-state index contributed by atoms with van der Waals surface area (Å²) >= 11 is 0. The molecule has 0 aromatic heterocycles. The fourth-order valence-corrected chi connectivity index (χ4v) is 1.57. The minimum absolute atomic E-state index is 0.300. The zero-order chi connectivity index (χ0) is 12.7. The number of rotatable bonds is 5. The van der Waals surface area contributed by atoms with Gasteiger partial charge in [-0.2, -0.15) is 0 Å². The van der Waals surface area contributed by atoms with Crippen LogP contribution in [0.5, 0.6) is 0 Å². The van der Waals surface area contributed by atoms with Gasteiger partial charge in [-0.1, -0.05) is 30.7 Å². The second-order valence-corrected chi connectivity index (χ2v) is 3.80. The van der Waals surface area contributed by atoms with Crippen LogP contribution in [0.4, 0.5) is 0 Å². The Kier molecular flexibility index (Phi) is 5.43. The number of ether oxygens (including phenoxy) is 1. The molecule has 0 amide bonds. The van der Waals surface area contributed by atoms with Crippen LogP contribution >= 0.6 is 0 Å². The predicted octanol–water partition coefficient (Wildman–Crippen LogP) is 2.49. The lowest BCUT2D eigenvalue weighted by Gasteiger charge is -2.04. The number of nitrogens with one attached hydrogen (secondary N) is 1. The molecule has 1 aromatic rings. The number of likely N-dealkylation sites (N-methyl/N-ethyl adjacent to an activating group) is 1. The van der Waals surface area contributed by atoms with Crippen molar-refractivity contribution in [2.75, 3.05) is 20.7 Å². The topological polar surface area (TPSA) is 38.3 Å². The first-order valence-electron chi connectivity index (χ1n) is 5.73. The summed E-state index contributed by atoms with van der Waals surface area (Å²) < 4.78 is 4.65. The molecule has 0 heterocycles. The summed E-state index contributed by atoms with van der Waals surface area (Å²) in [6.45, 7) is 3.02. The van der Waals surface area contributed by atoms with Gasteiger partial charge in [-0.15, -0.1) is 0 Å². The molecule has 0 aliphatic rings. The summed E-state index contributed by atoms with van der Waals surface area (Å²) in [6.07, 6.45) is 3.15. The van der Waals surface area contributed by atoms with Gasteiger partial charge in [0.1, 0.15) is 0 Å². The highest BCUT2D eigenvalue weighted by molar-refractivity contribution is 5.89. The predicted molar refractivity (Wildman–Crippen MR) is 70.0 cm³/mol. The number of hydrogen-bond donors (Lipinski definition) is 1. The van der Waals surface area contributed by atoms with E-state index >= 15 is 0 Å². The quantitative estimate of drug-likeness (QED) is 0.794. The monoisotopic (exact) mass is 233 g/mol. The molecule has 17 heavy (non-hydrogen) atoms. The third kappa shape index (κ3) is 4.04. The summed E-state index contributed by atoms with van der Waals surface area (Å²) in [5.41, 5.74) is 3.01. The zero-order valence-electron chi connectivity index (χ0n) is 10.6. The number of carbonyl (C=O) groups excluding carboxylic acids is 1. The van der Waals surface area contributed by atoms with Crippen LogP contribution in [0.15, 0.2) is 29.8 Å². The van der Waals surface area contributed by atoms with Crippen molar-refractivity contribution in [1.29, 1.82) is 0 Å². The van der Waals surface area contributed by atoms with Crippen LogP contribution in [0.25, 0.3) is 6.08 Å². The molecule has 0 saturated carbocycles. The molecule has 3 heteroatoms. The van der Waals surface area contributed by atoms with Gasteiger partial charge in [-0.25, -0.2) is 4.79 Å². The Bertz CT molecular complexity index is 393. The summed E-state index contributed by atoms with van der Waals surface area (Å²) in [5.74, 6) is -0.300. The Balaban J connectivity index is 2.83. The highest BCUT2D eigenvalue weighted by atomic mass is 16.5. The Morgan fingerprint density at radius 1 is 1.35 bits per heavy atom. The van der Waals surface area contributed by atoms with E-state index in [1.807, 2.05) is 19.2 Å². The van der Waals surface area contributed by atoms with Crippen molar-refractivity contribution in [1.82, 2.24) is 5.32 Å². The second kappa shape index (κ2) is 6.86. The molecule has 3 nitrogen and oxygen atoms in total. The van der Waals surface area contributed by atoms with E-state index < -0.39 is 0 Å². The van der Waals surface area contributed by atoms with Gasteiger partial charge < -0.3 is 10.1 Å². The lowest BCUT2D eigenvalue weighted by atomic mass is 10.1. The summed E-state index contributed by atoms with van der Waals surface area (Å²) in [7, 11) is 3.32. The van der Waals surface area contributed by atoms with Crippen molar-refractivity contribution >= 4 is 12.0 Å². The van der Waals surface area contributed by atoms with E-state index in [4.69, 9.17) is 0 Å². The largest absolute Gasteiger partial charge is 0.465 e.